The van der Waals surface area contributed by atoms with Crippen molar-refractivity contribution >= 4 is 40.2 Å². The lowest BCUT2D eigenvalue weighted by Crippen LogP contribution is -2.04. The Morgan fingerprint density at radius 3 is 2.66 bits per heavy atom. The van der Waals surface area contributed by atoms with Gasteiger partial charge >= 0.3 is 0 Å². The zero-order valence-corrected chi connectivity index (χ0v) is 18.2. The number of nitrogens with zero attached hydrogens (tertiary/aromatic N) is 6. The van der Waals surface area contributed by atoms with E-state index in [9.17, 15) is 0 Å². The summed E-state index contributed by atoms with van der Waals surface area (Å²) in [6, 6.07) is 11.5. The van der Waals surface area contributed by atoms with E-state index in [4.69, 9.17) is 10.7 Å². The van der Waals surface area contributed by atoms with Gasteiger partial charge in [0.25, 0.3) is 0 Å². The van der Waals surface area contributed by atoms with Gasteiger partial charge in [-0.15, -0.1) is 5.10 Å². The maximum atomic E-state index is 6.44. The largest absolute Gasteiger partial charge is 0.398 e. The van der Waals surface area contributed by atoms with Crippen LogP contribution in [0.5, 0.6) is 0 Å². The molecule has 0 spiro atoms. The Morgan fingerprint density at radius 1 is 1.03 bits per heavy atom. The molecule has 8 nitrogen and oxygen atoms in total. The summed E-state index contributed by atoms with van der Waals surface area (Å²) in [5.74, 6) is 1.66. The Balaban J connectivity index is 1.72. The third-order valence-corrected chi connectivity index (χ3v) is 4.97. The molecule has 0 aliphatic heterocycles. The summed E-state index contributed by atoms with van der Waals surface area (Å²) >= 11 is 0. The second-order valence-corrected chi connectivity index (χ2v) is 7.57. The monoisotopic (exact) mass is 424 g/mol. The van der Waals surface area contributed by atoms with Crippen molar-refractivity contribution < 1.29 is 0 Å². The number of nitrogens with one attached hydrogen (secondary N) is 1. The van der Waals surface area contributed by atoms with E-state index in [-0.39, 0.29) is 0 Å². The van der Waals surface area contributed by atoms with Crippen LogP contribution in [0.1, 0.15) is 36.5 Å². The van der Waals surface area contributed by atoms with Crippen molar-refractivity contribution in [2.45, 2.75) is 19.8 Å². The first-order chi connectivity index (χ1) is 15.5. The second-order valence-electron chi connectivity index (χ2n) is 7.57. The highest BCUT2D eigenvalue weighted by Gasteiger charge is 2.10. The van der Waals surface area contributed by atoms with Crippen molar-refractivity contribution in [3.63, 3.8) is 0 Å². The first-order valence-electron chi connectivity index (χ1n) is 10.2. The summed E-state index contributed by atoms with van der Waals surface area (Å²) in [6.07, 6.45) is 8.70. The fourth-order valence-corrected chi connectivity index (χ4v) is 3.22. The molecule has 0 aliphatic carbocycles. The molecule has 0 fully saturated rings. The minimum atomic E-state index is 0.359. The summed E-state index contributed by atoms with van der Waals surface area (Å²) in [4.78, 5) is 17.6. The Kier molecular flexibility index (Phi) is 6.12. The van der Waals surface area contributed by atoms with Gasteiger partial charge in [0.15, 0.2) is 5.82 Å². The van der Waals surface area contributed by atoms with Crippen molar-refractivity contribution in [1.29, 1.82) is 0 Å². The van der Waals surface area contributed by atoms with Crippen molar-refractivity contribution in [2.24, 2.45) is 10.7 Å². The third-order valence-electron chi connectivity index (χ3n) is 4.97. The van der Waals surface area contributed by atoms with Crippen LogP contribution in [0, 0.1) is 0 Å². The number of nitrogens with two attached hydrogens (primary N) is 1. The molecule has 0 atom stereocenters. The molecule has 0 aliphatic rings. The lowest BCUT2D eigenvalue weighted by molar-refractivity contribution is 0.843. The van der Waals surface area contributed by atoms with Crippen LogP contribution >= 0.6 is 0 Å². The smallest absolute Gasteiger partial charge is 0.154 e. The average molecular weight is 425 g/mol. The summed E-state index contributed by atoms with van der Waals surface area (Å²) in [6.45, 7) is 4.23. The van der Waals surface area contributed by atoms with Gasteiger partial charge in [0.2, 0.25) is 0 Å². The number of pyridine rings is 3. The van der Waals surface area contributed by atoms with E-state index in [0.717, 1.165) is 33.3 Å². The number of hydrogen-bond donors (Lipinski definition) is 2. The van der Waals surface area contributed by atoms with Gasteiger partial charge in [0.1, 0.15) is 5.82 Å². The molecule has 0 aromatic carbocycles. The number of aliphatic imine (C=N–C) groups is 1. The van der Waals surface area contributed by atoms with E-state index < -0.39 is 0 Å². The standard InChI is InChI=1S/C24H24N8/c1-15(2)17-10-23(32-29-13-17)31-22-7-6-20-21(30-22)9-18(12-28-20)19(14-26-3)24(25)16-5-4-8-27-11-16/h4-15H,25H2,1-3H3,(H,30,31,32). The number of aromatic nitrogens is 5. The SMILES string of the molecule is CN=CC(=C(N)c1cccnc1)c1cnc2ccc(Nc3cc(C(C)C)cnn3)nc2c1. The van der Waals surface area contributed by atoms with Gasteiger partial charge < -0.3 is 11.1 Å². The Morgan fingerprint density at radius 2 is 1.91 bits per heavy atom. The average Bonchev–Trinajstić information content (AvgIpc) is 2.82. The predicted molar refractivity (Wildman–Crippen MR) is 129 cm³/mol. The van der Waals surface area contributed by atoms with Gasteiger partial charge in [-0.2, -0.15) is 5.10 Å². The highest BCUT2D eigenvalue weighted by atomic mass is 15.2. The number of rotatable bonds is 6. The molecule has 4 aromatic heterocycles. The Hall–Kier alpha value is -4.20. The molecule has 32 heavy (non-hydrogen) atoms. The molecule has 4 heterocycles. The molecule has 8 heteroatoms. The zero-order chi connectivity index (χ0) is 22.5. The summed E-state index contributed by atoms with van der Waals surface area (Å²) in [5, 5.41) is 11.5. The van der Waals surface area contributed by atoms with Gasteiger partial charge in [-0.3, -0.25) is 15.0 Å². The summed E-state index contributed by atoms with van der Waals surface area (Å²) in [5.41, 5.74) is 12.0. The van der Waals surface area contributed by atoms with Gasteiger partial charge in [-0.1, -0.05) is 13.8 Å². The van der Waals surface area contributed by atoms with Crippen molar-refractivity contribution in [3.8, 4) is 0 Å². The molecule has 0 radical (unpaired) electrons. The van der Waals surface area contributed by atoms with Crippen LogP contribution in [-0.2, 0) is 0 Å². The molecular formula is C24H24N8. The highest BCUT2D eigenvalue weighted by Crippen LogP contribution is 2.24. The second kappa shape index (κ2) is 9.30. The highest BCUT2D eigenvalue weighted by molar-refractivity contribution is 6.19. The van der Waals surface area contributed by atoms with Crippen LogP contribution in [0.3, 0.4) is 0 Å². The van der Waals surface area contributed by atoms with Crippen LogP contribution in [0.4, 0.5) is 11.6 Å². The predicted octanol–water partition coefficient (Wildman–Crippen LogP) is 4.21. The lowest BCUT2D eigenvalue weighted by atomic mass is 10.0. The first-order valence-corrected chi connectivity index (χ1v) is 10.2. The quantitative estimate of drug-likeness (QED) is 0.446. The Labute approximate surface area is 186 Å². The van der Waals surface area contributed by atoms with Gasteiger partial charge in [-0.05, 0) is 47.9 Å². The molecular weight excluding hydrogens is 400 g/mol. The maximum absolute atomic E-state index is 6.44. The minimum Gasteiger partial charge on any atom is -0.398 e. The van der Waals surface area contributed by atoms with Crippen LogP contribution in [-0.4, -0.2) is 38.4 Å². The molecule has 160 valence electrons. The van der Waals surface area contributed by atoms with Gasteiger partial charge in [0.05, 0.1) is 17.2 Å². The fourth-order valence-electron chi connectivity index (χ4n) is 3.22. The van der Waals surface area contributed by atoms with E-state index in [0.29, 0.717) is 23.3 Å². The number of hydrogen-bond acceptors (Lipinski definition) is 8. The summed E-state index contributed by atoms with van der Waals surface area (Å²) in [7, 11) is 1.71. The molecule has 3 N–H and O–H groups in total. The molecule has 4 rings (SSSR count). The molecule has 0 unspecified atom stereocenters. The van der Waals surface area contributed by atoms with E-state index in [1.807, 2.05) is 36.4 Å². The Bertz CT molecular complexity index is 1300. The maximum Gasteiger partial charge on any atom is 0.154 e. The number of anilines is 2. The first kappa shape index (κ1) is 21.0. The van der Waals surface area contributed by atoms with Crippen molar-refractivity contribution in [3.05, 3.63) is 77.9 Å². The van der Waals surface area contributed by atoms with Crippen LogP contribution in [0.2, 0.25) is 0 Å². The molecule has 0 saturated carbocycles. The molecule has 0 amide bonds. The molecule has 0 bridgehead atoms. The molecule has 4 aromatic rings. The van der Waals surface area contributed by atoms with Crippen molar-refractivity contribution in [2.75, 3.05) is 12.4 Å². The normalized spacial score (nSPS) is 12.4. The van der Waals surface area contributed by atoms with Crippen molar-refractivity contribution in [1.82, 2.24) is 25.1 Å². The lowest BCUT2D eigenvalue weighted by Gasteiger charge is -2.10. The summed E-state index contributed by atoms with van der Waals surface area (Å²) < 4.78 is 0. The fraction of sp³-hybridized carbons (Fsp3) is 0.167. The van der Waals surface area contributed by atoms with Gasteiger partial charge in [0, 0.05) is 54.2 Å². The third kappa shape index (κ3) is 4.59. The van der Waals surface area contributed by atoms with Crippen LogP contribution in [0.15, 0.2) is 66.2 Å². The van der Waals surface area contributed by atoms with E-state index in [1.54, 1.807) is 38.0 Å². The molecule has 0 saturated heterocycles. The van der Waals surface area contributed by atoms with E-state index in [1.165, 1.54) is 0 Å². The van der Waals surface area contributed by atoms with Crippen LogP contribution < -0.4 is 11.1 Å². The zero-order valence-electron chi connectivity index (χ0n) is 18.2. The van der Waals surface area contributed by atoms with Crippen LogP contribution in [0.25, 0.3) is 22.3 Å². The van der Waals surface area contributed by atoms with E-state index >= 15 is 0 Å². The number of fused-ring (bicyclic) bond motifs is 1. The van der Waals surface area contributed by atoms with Gasteiger partial charge in [-0.25, -0.2) is 4.98 Å². The minimum absolute atomic E-state index is 0.359. The topological polar surface area (TPSA) is 115 Å². The van der Waals surface area contributed by atoms with E-state index in [2.05, 4.69) is 44.3 Å². The number of allylic oxidation sites excluding steroid dienone is 1.